The Morgan fingerprint density at radius 3 is 0.467 bits per heavy atom. The van der Waals surface area contributed by atoms with Crippen LogP contribution in [0.1, 0.15) is 6.92 Å². The molecule has 8 aliphatic rings. The highest BCUT2D eigenvalue weighted by Crippen LogP contribution is 2.48. The monoisotopic (exact) mass is 1970 g/mol. The number of hydrogen-bond donors (Lipinski definition) is 32. The van der Waals surface area contributed by atoms with Crippen molar-refractivity contribution in [3.8, 4) is 0 Å². The van der Waals surface area contributed by atoms with Crippen molar-refractivity contribution in [3.63, 3.8) is 0 Å². The summed E-state index contributed by atoms with van der Waals surface area (Å²) in [6.45, 7) is -10.1. The van der Waals surface area contributed by atoms with Gasteiger partial charge in [-0.3, -0.25) is 36.2 Å². The second kappa shape index (κ2) is 43.3. The highest BCUT2D eigenvalue weighted by atomic mass is 31.2. The van der Waals surface area contributed by atoms with E-state index in [-0.39, 0.29) is 0 Å². The maximum Gasteiger partial charge on any atom is 0.469 e. The number of methoxy groups -OCH3 is 1. The second-order valence-electron chi connectivity index (χ2n) is 27.8. The molecule has 16 unspecified atom stereocenters. The van der Waals surface area contributed by atoms with Crippen molar-refractivity contribution in [1.82, 2.24) is 0 Å². The molecule has 0 aromatic carbocycles. The van der Waals surface area contributed by atoms with Crippen LogP contribution in [0.4, 0.5) is 0 Å². The SMILES string of the molecule is CO[C@H]1OC(COP(=O)(O)O)[C@@H](O[C@H]2OC(COP(=O)(O)O)[C@@H](O[C@H]3OC(COP(=O)(O)O)[C@@H](O[C@H]4OC(COP(=O)(O)O)[C@@H](O[C@H]5OC(COP(=O)(O)O)[C@@H](O[C@H]6OC(COP(=O)(O)O)[C@@H](O[C@H]7OC(COP(=O)(O)O)[C@@H](O[C@H]8OC(COP(=O)(O)O)[C@H](C)[C@@H](O)C8O)[C@@H](O)C7O)[C@@H](O)C6O)[C@@H](O)C5O)[C@@H](O)C4O)[C@@H](O)C3O)[C@@H](O)C2O)[C@@H](O)C1O. The zero-order chi connectivity index (χ0) is 91.7. The lowest BCUT2D eigenvalue weighted by Crippen LogP contribution is -2.68. The van der Waals surface area contributed by atoms with E-state index in [2.05, 4.69) is 36.2 Å². The van der Waals surface area contributed by atoms with Crippen molar-refractivity contribution in [2.45, 2.75) is 246 Å². The van der Waals surface area contributed by atoms with Gasteiger partial charge < -0.3 is 236 Å². The Kier molecular flexibility index (Phi) is 38.0. The molecule has 32 N–H and O–H groups in total. The van der Waals surface area contributed by atoms with E-state index in [9.17, 15) is 197 Å². The number of aliphatic hydroxyl groups is 16. The molecule has 72 heteroatoms. The molecule has 0 bridgehead atoms. The van der Waals surface area contributed by atoms with E-state index in [4.69, 9.17) is 75.8 Å². The van der Waals surface area contributed by atoms with Crippen LogP contribution >= 0.6 is 62.6 Å². The largest absolute Gasteiger partial charge is 0.469 e. The molecule has 8 saturated heterocycles. The fourth-order valence-corrected chi connectivity index (χ4v) is 15.9. The van der Waals surface area contributed by atoms with Gasteiger partial charge in [-0.25, -0.2) is 36.5 Å². The minimum atomic E-state index is -5.78. The number of phosphoric ester groups is 8. The molecular formula is C50H94O64P8. The van der Waals surface area contributed by atoms with Crippen LogP contribution in [0.5, 0.6) is 0 Å². The van der Waals surface area contributed by atoms with Crippen molar-refractivity contribution in [2.24, 2.45) is 5.92 Å². The molecule has 0 saturated carbocycles. The fraction of sp³-hybridized carbons (Fsp3) is 1.00. The van der Waals surface area contributed by atoms with Crippen LogP contribution < -0.4 is 0 Å². The molecule has 8 rings (SSSR count). The predicted octanol–water partition coefficient (Wildman–Crippen LogP) is -15.6. The van der Waals surface area contributed by atoms with E-state index >= 15 is 0 Å². The smallest absolute Gasteiger partial charge is 0.390 e. The third-order valence-corrected chi connectivity index (χ3v) is 23.0. The van der Waals surface area contributed by atoms with Gasteiger partial charge in [0.15, 0.2) is 50.3 Å². The van der Waals surface area contributed by atoms with E-state index < -0.39 is 361 Å². The number of phosphoric acid groups is 8. The first kappa shape index (κ1) is 107. The van der Waals surface area contributed by atoms with Gasteiger partial charge in [0, 0.05) is 13.0 Å². The zero-order valence-corrected chi connectivity index (χ0v) is 68.9. The van der Waals surface area contributed by atoms with E-state index in [1.54, 1.807) is 0 Å². The molecule has 64 nitrogen and oxygen atoms in total. The Bertz CT molecular complexity index is 3670. The van der Waals surface area contributed by atoms with Crippen LogP contribution in [0.2, 0.25) is 0 Å². The molecule has 40 atom stereocenters. The third-order valence-electron chi connectivity index (χ3n) is 19.1. The minimum absolute atomic E-state index is 0.952. The van der Waals surface area contributed by atoms with Crippen LogP contribution in [0.3, 0.4) is 0 Å². The molecule has 8 aliphatic heterocycles. The van der Waals surface area contributed by atoms with Crippen molar-refractivity contribution >= 4 is 62.6 Å². The Morgan fingerprint density at radius 2 is 0.320 bits per heavy atom. The summed E-state index contributed by atoms with van der Waals surface area (Å²) in [4.78, 5) is 154. The lowest BCUT2D eigenvalue weighted by atomic mass is 9.91. The second-order valence-corrected chi connectivity index (χ2v) is 37.7. The molecule has 0 spiro atoms. The maximum absolute atomic E-state index is 12.2. The minimum Gasteiger partial charge on any atom is -0.390 e. The number of hydrogen-bond acceptors (Lipinski definition) is 48. The van der Waals surface area contributed by atoms with Gasteiger partial charge >= 0.3 is 62.6 Å². The molecule has 8 fully saturated rings. The summed E-state index contributed by atoms with van der Waals surface area (Å²) in [5.74, 6) is -1.20. The quantitative estimate of drug-likeness (QED) is 0.0254. The van der Waals surface area contributed by atoms with Gasteiger partial charge in [0.05, 0.1) is 65.1 Å². The molecular weight excluding hydrogens is 1870 g/mol. The fourth-order valence-electron chi connectivity index (χ4n) is 13.1. The van der Waals surface area contributed by atoms with Gasteiger partial charge in [-0.05, 0) is 0 Å². The Labute approximate surface area is 681 Å². The van der Waals surface area contributed by atoms with Crippen molar-refractivity contribution < 1.29 is 308 Å². The first-order valence-corrected chi connectivity index (χ1v) is 47.0. The third kappa shape index (κ3) is 29.8. The van der Waals surface area contributed by atoms with Gasteiger partial charge in [0.1, 0.15) is 177 Å². The summed E-state index contributed by atoms with van der Waals surface area (Å²) in [6, 6.07) is 0. The molecule has 718 valence electrons. The van der Waals surface area contributed by atoms with Gasteiger partial charge in [-0.1, -0.05) is 6.92 Å². The van der Waals surface area contributed by atoms with Crippen LogP contribution in [-0.4, -0.2) is 460 Å². The van der Waals surface area contributed by atoms with Crippen molar-refractivity contribution in [3.05, 3.63) is 0 Å². The van der Waals surface area contributed by atoms with Crippen molar-refractivity contribution in [1.29, 1.82) is 0 Å². The van der Waals surface area contributed by atoms with Gasteiger partial charge in [-0.2, -0.15) is 0 Å². The van der Waals surface area contributed by atoms with E-state index in [1.807, 2.05) is 0 Å². The van der Waals surface area contributed by atoms with Crippen molar-refractivity contribution in [2.75, 3.05) is 60.0 Å². The summed E-state index contributed by atoms with van der Waals surface area (Å²) in [7, 11) is -43.9. The summed E-state index contributed by atoms with van der Waals surface area (Å²) < 4.78 is 221. The molecule has 0 radical (unpaired) electrons. The molecule has 0 aromatic heterocycles. The highest BCUT2D eigenvalue weighted by molar-refractivity contribution is 7.48. The lowest BCUT2D eigenvalue weighted by molar-refractivity contribution is -0.398. The van der Waals surface area contributed by atoms with E-state index in [1.165, 1.54) is 6.92 Å². The van der Waals surface area contributed by atoms with E-state index in [0.717, 1.165) is 7.11 Å². The predicted molar refractivity (Wildman–Crippen MR) is 360 cm³/mol. The van der Waals surface area contributed by atoms with E-state index in [0.29, 0.717) is 0 Å². The molecule has 122 heavy (non-hydrogen) atoms. The highest BCUT2D eigenvalue weighted by Gasteiger charge is 2.61. The normalized spacial score (nSPS) is 43.5. The Balaban J connectivity index is 1.01. The Morgan fingerprint density at radius 1 is 0.197 bits per heavy atom. The van der Waals surface area contributed by atoms with Gasteiger partial charge in [-0.15, -0.1) is 0 Å². The molecule has 0 aromatic rings. The van der Waals surface area contributed by atoms with Crippen LogP contribution in [0.15, 0.2) is 0 Å². The maximum atomic E-state index is 12.2. The summed E-state index contributed by atoms with van der Waals surface area (Å²) >= 11 is 0. The first-order chi connectivity index (χ1) is 55.9. The number of ether oxygens (including phenoxy) is 16. The van der Waals surface area contributed by atoms with Crippen LogP contribution in [0, 0.1) is 5.92 Å². The van der Waals surface area contributed by atoms with Crippen LogP contribution in [-0.2, 0) is 149 Å². The molecule has 0 amide bonds. The van der Waals surface area contributed by atoms with Gasteiger partial charge in [0.25, 0.3) is 0 Å². The average molecular weight is 1970 g/mol. The number of rotatable bonds is 39. The Hall–Kier alpha value is -0.400. The number of aliphatic hydroxyl groups excluding tert-OH is 16. The average Bonchev–Trinajstić information content (AvgIpc) is 0.775. The summed E-state index contributed by atoms with van der Waals surface area (Å²) in [5, 5.41) is 183. The van der Waals surface area contributed by atoms with Gasteiger partial charge in [0.2, 0.25) is 0 Å². The summed E-state index contributed by atoms with van der Waals surface area (Å²) in [6.07, 6.45) is -94.8. The molecule has 8 heterocycles. The zero-order valence-electron chi connectivity index (χ0n) is 61.7. The standard InChI is InChI=1S/C50H94O64P8/c1-11-12(3-92-115(67,68)69)100-44(28(59)20(11)51)108-37-14(5-94-117(73,74)75)102-46(30(61)22(37)53)110-39-16(7-96-119(79,80)81)104-48(32(63)24(39)55)112-41-18(9-98-121(85,86)87)106-50(34(65)26(41)57)114-42-19(10-99-122(88,89)90)107-49(35(66)27(42)58)113-40-17(8-97-120(82,83)84)105-47(33(64)25(40)56)111-38-15(6-95-118(76,77)78)103-45(31(62)23(38)54)109-36-13(4-93-116(70,71)72)101-43(91-2)29(60)21(36)52/h11-66H,3-10H2,1-2H3,(H2,67,68,69)(H2,70,71,72)(H2,73,74,75)(H2,76,77,78)(H2,79,80,81)(H2,82,83,84)(H2,85,86,87)(H2,88,89,90)/t11-,12?,13?,14?,15?,16?,17?,18?,19?,20+,21-,22-,23-,24-,25-,26-,27-,28?,29?,30?,31?,32?,33?,34?,35?,36+,37+,38+,39+,40+,41+,42+,43-,44+,45+,46+,47+,48+,49+,50+/m0/s1. The van der Waals surface area contributed by atoms with Crippen LogP contribution in [0.25, 0.3) is 0 Å². The summed E-state index contributed by atoms with van der Waals surface area (Å²) in [5.41, 5.74) is 0. The first-order valence-electron chi connectivity index (χ1n) is 34.8. The topological polar surface area (TPSA) is 1010 Å². The lowest BCUT2D eigenvalue weighted by Gasteiger charge is -2.50. The molecule has 0 aliphatic carbocycles.